The summed E-state index contributed by atoms with van der Waals surface area (Å²) in [5.41, 5.74) is -1.56. The number of rotatable bonds is 6. The summed E-state index contributed by atoms with van der Waals surface area (Å²) in [7, 11) is 0. The highest BCUT2D eigenvalue weighted by molar-refractivity contribution is 5.95. The van der Waals surface area contributed by atoms with Gasteiger partial charge < -0.3 is 25.4 Å². The summed E-state index contributed by atoms with van der Waals surface area (Å²) in [6, 6.07) is 8.09. The predicted molar refractivity (Wildman–Crippen MR) is 108 cm³/mol. The number of nitrogens with zero attached hydrogens (tertiary/aromatic N) is 3. The Balaban J connectivity index is 1.56. The van der Waals surface area contributed by atoms with Gasteiger partial charge >= 0.3 is 6.18 Å². The van der Waals surface area contributed by atoms with Crippen LogP contribution in [0.1, 0.15) is 29.4 Å². The Kier molecular flexibility index (Phi) is 7.24. The Bertz CT molecular complexity index is 1010. The molecule has 12 heteroatoms. The maximum Gasteiger partial charge on any atom is 0.435 e. The molecule has 2 unspecified atom stereocenters. The van der Waals surface area contributed by atoms with Gasteiger partial charge in [-0.2, -0.15) is 18.3 Å². The number of para-hydroxylation sites is 1. The van der Waals surface area contributed by atoms with Gasteiger partial charge in [0.25, 0.3) is 5.91 Å². The molecule has 0 saturated carbocycles. The fraction of sp³-hybridized carbons (Fsp3) is 0.429. The number of carbonyl (C=O) groups excluding carboxylic acids is 3. The number of carbonyl (C=O) groups is 3. The molecule has 1 aliphatic heterocycles. The number of hydrogen-bond acceptors (Lipinski definition) is 5. The highest BCUT2D eigenvalue weighted by Crippen LogP contribution is 2.31. The normalized spacial score (nSPS) is 18.6. The first kappa shape index (κ1) is 24.1. The smallest absolute Gasteiger partial charge is 0.435 e. The molecule has 3 amide bonds. The molecule has 0 aliphatic carbocycles. The summed E-state index contributed by atoms with van der Waals surface area (Å²) in [6.45, 7) is 2.04. The maximum atomic E-state index is 13.4. The van der Waals surface area contributed by atoms with E-state index < -0.39 is 35.4 Å². The molecule has 0 bridgehead atoms. The van der Waals surface area contributed by atoms with Gasteiger partial charge in [0, 0.05) is 38.3 Å². The van der Waals surface area contributed by atoms with Crippen LogP contribution < -0.4 is 15.7 Å². The van der Waals surface area contributed by atoms with Crippen molar-refractivity contribution in [2.45, 2.75) is 19.5 Å². The summed E-state index contributed by atoms with van der Waals surface area (Å²) in [6.07, 6.45) is -4.76. The highest BCUT2D eigenvalue weighted by Gasteiger charge is 2.39. The van der Waals surface area contributed by atoms with Crippen molar-refractivity contribution in [2.75, 3.05) is 26.2 Å². The first-order chi connectivity index (χ1) is 15.6. The minimum absolute atomic E-state index is 0.00612. The molecule has 1 fully saturated rings. The summed E-state index contributed by atoms with van der Waals surface area (Å²) >= 11 is 0. The van der Waals surface area contributed by atoms with Crippen LogP contribution >= 0.6 is 0 Å². The van der Waals surface area contributed by atoms with Gasteiger partial charge in [0.05, 0.1) is 11.3 Å². The standard InChI is InChI=1S/C21H24F3N5O4/c1-13-11-28(20(32)33)10-7-15(13)18(30)25-8-9-26-19(31)16-12-29(14-5-3-2-4-6-14)27-17(16)21(22,23)24/h2-6,12-13,15H,7-11H2,1H3,(H,25,30)(H,26,31)(H,32,33)/p-1. The SMILES string of the molecule is CC1CN(C(=O)[O-])CCC1C(=O)NCCNC(=O)c1cn(-c2ccccc2)nc1C(F)(F)F. The number of benzene rings is 1. The Morgan fingerprint density at radius 1 is 1.15 bits per heavy atom. The fourth-order valence-corrected chi connectivity index (χ4v) is 3.75. The maximum absolute atomic E-state index is 13.4. The first-order valence-corrected chi connectivity index (χ1v) is 10.3. The molecule has 1 aromatic carbocycles. The number of nitrogens with one attached hydrogen (secondary N) is 2. The van der Waals surface area contributed by atoms with E-state index in [1.54, 1.807) is 37.3 Å². The number of aromatic nitrogens is 2. The molecule has 0 spiro atoms. The predicted octanol–water partition coefficient (Wildman–Crippen LogP) is 1.04. The Hall–Kier alpha value is -3.57. The molecular weight excluding hydrogens is 443 g/mol. The Morgan fingerprint density at radius 2 is 1.82 bits per heavy atom. The van der Waals surface area contributed by atoms with Crippen molar-refractivity contribution in [1.82, 2.24) is 25.3 Å². The number of likely N-dealkylation sites (tertiary alicyclic amines) is 1. The third-order valence-electron chi connectivity index (χ3n) is 5.46. The van der Waals surface area contributed by atoms with Gasteiger partial charge in [-0.3, -0.25) is 9.59 Å². The number of halogens is 3. The van der Waals surface area contributed by atoms with Crippen molar-refractivity contribution in [2.24, 2.45) is 11.8 Å². The van der Waals surface area contributed by atoms with Crippen molar-refractivity contribution in [3.05, 3.63) is 47.8 Å². The second kappa shape index (κ2) is 9.92. The lowest BCUT2D eigenvalue weighted by atomic mass is 9.86. The van der Waals surface area contributed by atoms with Gasteiger partial charge in [0.15, 0.2) is 5.69 Å². The first-order valence-electron chi connectivity index (χ1n) is 10.3. The van der Waals surface area contributed by atoms with E-state index in [0.717, 1.165) is 15.8 Å². The van der Waals surface area contributed by atoms with Crippen molar-refractivity contribution in [3.8, 4) is 5.69 Å². The van der Waals surface area contributed by atoms with Crippen LogP contribution in [0.4, 0.5) is 18.0 Å². The molecule has 3 rings (SSSR count). The van der Waals surface area contributed by atoms with E-state index in [4.69, 9.17) is 0 Å². The summed E-state index contributed by atoms with van der Waals surface area (Å²) in [4.78, 5) is 36.9. The summed E-state index contributed by atoms with van der Waals surface area (Å²) < 4.78 is 41.2. The summed E-state index contributed by atoms with van der Waals surface area (Å²) in [5, 5.41) is 19.5. The lowest BCUT2D eigenvalue weighted by molar-refractivity contribution is -0.267. The number of alkyl halides is 3. The zero-order chi connectivity index (χ0) is 24.2. The number of carboxylic acid groups (broad SMARTS) is 1. The molecule has 1 saturated heterocycles. The zero-order valence-corrected chi connectivity index (χ0v) is 17.8. The number of hydrogen-bond donors (Lipinski definition) is 2. The lowest BCUT2D eigenvalue weighted by Crippen LogP contribution is -2.51. The largest absolute Gasteiger partial charge is 0.530 e. The molecule has 2 N–H and O–H groups in total. The fourth-order valence-electron chi connectivity index (χ4n) is 3.75. The Labute approximate surface area is 187 Å². The van der Waals surface area contributed by atoms with Crippen LogP contribution in [0, 0.1) is 11.8 Å². The quantitative estimate of drug-likeness (QED) is 0.617. The average Bonchev–Trinajstić information content (AvgIpc) is 3.23. The van der Waals surface area contributed by atoms with Gasteiger partial charge in [0.1, 0.15) is 6.09 Å². The number of amides is 3. The monoisotopic (exact) mass is 466 g/mol. The molecular formula is C21H23F3N5O4-. The lowest BCUT2D eigenvalue weighted by Gasteiger charge is -2.37. The van der Waals surface area contributed by atoms with Crippen LogP contribution in [-0.4, -0.2) is 58.8 Å². The second-order valence-electron chi connectivity index (χ2n) is 7.80. The van der Waals surface area contributed by atoms with E-state index in [1.165, 1.54) is 0 Å². The second-order valence-corrected chi connectivity index (χ2v) is 7.80. The van der Waals surface area contributed by atoms with E-state index in [1.807, 2.05) is 0 Å². The minimum Gasteiger partial charge on any atom is -0.530 e. The molecule has 9 nitrogen and oxygen atoms in total. The zero-order valence-electron chi connectivity index (χ0n) is 17.8. The van der Waals surface area contributed by atoms with Crippen molar-refractivity contribution in [3.63, 3.8) is 0 Å². The molecule has 0 radical (unpaired) electrons. The van der Waals surface area contributed by atoms with Crippen LogP contribution in [-0.2, 0) is 11.0 Å². The third-order valence-corrected chi connectivity index (χ3v) is 5.46. The van der Waals surface area contributed by atoms with E-state index in [2.05, 4.69) is 15.7 Å². The van der Waals surface area contributed by atoms with Crippen LogP contribution in [0.15, 0.2) is 36.5 Å². The summed E-state index contributed by atoms with van der Waals surface area (Å²) in [5.74, 6) is -1.89. The third kappa shape index (κ3) is 5.82. The van der Waals surface area contributed by atoms with Gasteiger partial charge in [-0.15, -0.1) is 0 Å². The van der Waals surface area contributed by atoms with Crippen LogP contribution in [0.5, 0.6) is 0 Å². The van der Waals surface area contributed by atoms with Crippen LogP contribution in [0.3, 0.4) is 0 Å². The minimum atomic E-state index is -4.82. The van der Waals surface area contributed by atoms with E-state index >= 15 is 0 Å². The highest BCUT2D eigenvalue weighted by atomic mass is 19.4. The molecule has 178 valence electrons. The molecule has 1 aromatic heterocycles. The molecule has 2 heterocycles. The number of piperidine rings is 1. The van der Waals surface area contributed by atoms with E-state index in [9.17, 15) is 32.7 Å². The molecule has 33 heavy (non-hydrogen) atoms. The van der Waals surface area contributed by atoms with Crippen molar-refractivity contribution < 1.29 is 32.7 Å². The van der Waals surface area contributed by atoms with Gasteiger partial charge in [-0.05, 0) is 24.5 Å². The van der Waals surface area contributed by atoms with Crippen molar-refractivity contribution in [1.29, 1.82) is 0 Å². The van der Waals surface area contributed by atoms with Crippen LogP contribution in [0.2, 0.25) is 0 Å². The van der Waals surface area contributed by atoms with Gasteiger partial charge in [0.2, 0.25) is 5.91 Å². The van der Waals surface area contributed by atoms with E-state index in [0.29, 0.717) is 12.1 Å². The van der Waals surface area contributed by atoms with Crippen LogP contribution in [0.25, 0.3) is 5.69 Å². The molecule has 2 atom stereocenters. The molecule has 1 aliphatic rings. The average molecular weight is 466 g/mol. The molecule has 2 aromatic rings. The van der Waals surface area contributed by atoms with E-state index in [-0.39, 0.29) is 38.0 Å². The van der Waals surface area contributed by atoms with Gasteiger partial charge in [-0.1, -0.05) is 25.1 Å². The Morgan fingerprint density at radius 3 is 2.42 bits per heavy atom. The van der Waals surface area contributed by atoms with Crippen molar-refractivity contribution >= 4 is 17.9 Å². The van der Waals surface area contributed by atoms with Gasteiger partial charge in [-0.25, -0.2) is 4.68 Å². The topological polar surface area (TPSA) is 119 Å².